The highest BCUT2D eigenvalue weighted by atomic mass is 16.1. The molecule has 0 aromatic heterocycles. The second kappa shape index (κ2) is 4.67. The smallest absolute Gasteiger partial charge is 0.133 e. The Hall–Kier alpha value is -0.330. The fourth-order valence-corrected chi connectivity index (χ4v) is 3.11. The normalized spacial score (nSPS) is 31.9. The van der Waals surface area contributed by atoms with E-state index in [1.165, 1.54) is 12.8 Å². The minimum absolute atomic E-state index is 0.307. The van der Waals surface area contributed by atoms with Crippen molar-refractivity contribution in [3.05, 3.63) is 0 Å². The Morgan fingerprint density at radius 2 is 1.93 bits per heavy atom. The number of hydrogen-bond acceptors (Lipinski definition) is 1. The third-order valence-electron chi connectivity index (χ3n) is 4.38. The number of ketones is 1. The quantitative estimate of drug-likeness (QED) is 0.683. The van der Waals surface area contributed by atoms with Crippen LogP contribution in [0.3, 0.4) is 0 Å². The molecule has 0 aliphatic heterocycles. The molecule has 0 radical (unpaired) electrons. The van der Waals surface area contributed by atoms with Crippen LogP contribution in [0.2, 0.25) is 0 Å². The molecule has 0 aromatic carbocycles. The van der Waals surface area contributed by atoms with Crippen molar-refractivity contribution in [1.82, 2.24) is 0 Å². The molecule has 0 unspecified atom stereocenters. The Morgan fingerprint density at radius 1 is 1.33 bits per heavy atom. The molecule has 0 heterocycles. The molecule has 0 bridgehead atoms. The lowest BCUT2D eigenvalue weighted by Crippen LogP contribution is -2.30. The first kappa shape index (κ1) is 12.7. The van der Waals surface area contributed by atoms with Crippen LogP contribution in [0.4, 0.5) is 0 Å². The number of hydrogen-bond donors (Lipinski definition) is 0. The molecule has 1 nitrogen and oxygen atoms in total. The zero-order chi connectivity index (χ0) is 11.6. The lowest BCUT2D eigenvalue weighted by atomic mass is 9.66. The third-order valence-corrected chi connectivity index (χ3v) is 4.38. The van der Waals surface area contributed by atoms with Crippen molar-refractivity contribution < 1.29 is 4.79 Å². The summed E-state index contributed by atoms with van der Waals surface area (Å²) < 4.78 is 0. The van der Waals surface area contributed by atoms with Crippen molar-refractivity contribution in [2.75, 3.05) is 0 Å². The maximum Gasteiger partial charge on any atom is 0.133 e. The molecule has 1 heteroatoms. The highest BCUT2D eigenvalue weighted by Crippen LogP contribution is 2.50. The molecule has 0 amide bonds. The Kier molecular flexibility index (Phi) is 3.97. The summed E-state index contributed by atoms with van der Waals surface area (Å²) in [7, 11) is 0. The summed E-state index contributed by atoms with van der Waals surface area (Å²) in [4.78, 5) is 11.6. The molecule has 1 fully saturated rings. The Morgan fingerprint density at radius 3 is 2.27 bits per heavy atom. The van der Waals surface area contributed by atoms with Crippen molar-refractivity contribution in [3.8, 4) is 0 Å². The van der Waals surface area contributed by atoms with Gasteiger partial charge in [-0.05, 0) is 29.6 Å². The minimum atomic E-state index is 0.307. The summed E-state index contributed by atoms with van der Waals surface area (Å²) >= 11 is 0. The molecular formula is C14H26O. The van der Waals surface area contributed by atoms with Gasteiger partial charge < -0.3 is 0 Å². The molecule has 15 heavy (non-hydrogen) atoms. The number of carbonyl (C=O) groups is 1. The average molecular weight is 210 g/mol. The van der Waals surface area contributed by atoms with Crippen LogP contribution < -0.4 is 0 Å². The zero-order valence-corrected chi connectivity index (χ0v) is 11.0. The first-order valence-corrected chi connectivity index (χ1v) is 6.40. The Balaban J connectivity index is 2.75. The van der Waals surface area contributed by atoms with Crippen molar-refractivity contribution >= 4 is 5.78 Å². The molecule has 0 saturated heterocycles. The molecule has 2 atom stereocenters. The summed E-state index contributed by atoms with van der Waals surface area (Å²) in [6.45, 7) is 11.4. The van der Waals surface area contributed by atoms with Gasteiger partial charge in [-0.2, -0.15) is 0 Å². The number of rotatable bonds is 4. The van der Waals surface area contributed by atoms with Crippen LogP contribution in [0.5, 0.6) is 0 Å². The van der Waals surface area contributed by atoms with Crippen LogP contribution in [0.15, 0.2) is 0 Å². The van der Waals surface area contributed by atoms with E-state index in [1.54, 1.807) is 0 Å². The summed E-state index contributed by atoms with van der Waals surface area (Å²) in [5, 5.41) is 0. The van der Waals surface area contributed by atoms with Gasteiger partial charge in [-0.1, -0.05) is 41.0 Å². The number of carbonyl (C=O) groups excluding carboxylic acids is 1. The van der Waals surface area contributed by atoms with Crippen LogP contribution >= 0.6 is 0 Å². The van der Waals surface area contributed by atoms with E-state index in [-0.39, 0.29) is 0 Å². The second-order valence-electron chi connectivity index (χ2n) is 6.14. The lowest BCUT2D eigenvalue weighted by molar-refractivity contribution is -0.118. The Labute approximate surface area is 94.6 Å². The second-order valence-corrected chi connectivity index (χ2v) is 6.14. The molecule has 1 aliphatic rings. The zero-order valence-electron chi connectivity index (χ0n) is 11.0. The summed E-state index contributed by atoms with van der Waals surface area (Å²) in [5.41, 5.74) is 0.307. The fourth-order valence-electron chi connectivity index (χ4n) is 3.11. The molecule has 1 aliphatic carbocycles. The van der Waals surface area contributed by atoms with Crippen molar-refractivity contribution in [3.63, 3.8) is 0 Å². The maximum atomic E-state index is 11.6. The summed E-state index contributed by atoms with van der Waals surface area (Å²) in [6.07, 6.45) is 4.14. The topological polar surface area (TPSA) is 17.1 Å². The summed E-state index contributed by atoms with van der Waals surface area (Å²) in [6, 6.07) is 0. The predicted octanol–water partition coefficient (Wildman–Crippen LogP) is 4.06. The van der Waals surface area contributed by atoms with Gasteiger partial charge in [0.15, 0.2) is 0 Å². The lowest BCUT2D eigenvalue weighted by Gasteiger charge is -2.38. The number of Topliss-reactive ketones (excluding diaryl/α,β-unsaturated/α-hetero) is 1. The van der Waals surface area contributed by atoms with Gasteiger partial charge in [0.1, 0.15) is 5.78 Å². The maximum absolute atomic E-state index is 11.6. The van der Waals surface area contributed by atoms with Crippen molar-refractivity contribution in [2.24, 2.45) is 23.2 Å². The summed E-state index contributed by atoms with van der Waals surface area (Å²) in [5.74, 6) is 2.46. The highest BCUT2D eigenvalue weighted by Gasteiger charge is 2.45. The predicted molar refractivity (Wildman–Crippen MR) is 64.7 cm³/mol. The van der Waals surface area contributed by atoms with Gasteiger partial charge in [0.05, 0.1) is 0 Å². The van der Waals surface area contributed by atoms with E-state index in [0.717, 1.165) is 18.8 Å². The molecule has 0 aromatic rings. The van der Waals surface area contributed by atoms with Gasteiger partial charge in [0.25, 0.3) is 0 Å². The van der Waals surface area contributed by atoms with Crippen LogP contribution in [0, 0.1) is 23.2 Å². The monoisotopic (exact) mass is 210 g/mol. The molecule has 1 rings (SSSR count). The molecular weight excluding hydrogens is 184 g/mol. The van der Waals surface area contributed by atoms with Gasteiger partial charge in [-0.25, -0.2) is 0 Å². The third kappa shape index (κ3) is 2.62. The SMILES string of the molecule is CC(C)CC[C@]1(C(C)C)CC(=O)C[C@@H]1C. The first-order valence-electron chi connectivity index (χ1n) is 6.40. The fraction of sp³-hybridized carbons (Fsp3) is 0.929. The van der Waals surface area contributed by atoms with Crippen molar-refractivity contribution in [2.45, 2.75) is 60.3 Å². The van der Waals surface area contributed by atoms with Gasteiger partial charge in [0, 0.05) is 12.8 Å². The van der Waals surface area contributed by atoms with Crippen LogP contribution in [0.1, 0.15) is 60.3 Å². The molecule has 1 saturated carbocycles. The average Bonchev–Trinajstić information content (AvgIpc) is 2.38. The van der Waals surface area contributed by atoms with E-state index in [2.05, 4.69) is 34.6 Å². The van der Waals surface area contributed by atoms with Gasteiger partial charge in [-0.3, -0.25) is 4.79 Å². The van der Waals surface area contributed by atoms with E-state index in [1.807, 2.05) is 0 Å². The van der Waals surface area contributed by atoms with Gasteiger partial charge >= 0.3 is 0 Å². The van der Waals surface area contributed by atoms with E-state index in [4.69, 9.17) is 0 Å². The van der Waals surface area contributed by atoms with E-state index < -0.39 is 0 Å². The van der Waals surface area contributed by atoms with E-state index in [0.29, 0.717) is 23.0 Å². The molecule has 0 N–H and O–H groups in total. The first-order chi connectivity index (χ1) is 6.88. The largest absolute Gasteiger partial charge is 0.300 e. The van der Waals surface area contributed by atoms with Gasteiger partial charge in [-0.15, -0.1) is 0 Å². The van der Waals surface area contributed by atoms with Crippen LogP contribution in [-0.4, -0.2) is 5.78 Å². The standard InChI is InChI=1S/C14H26O/c1-10(2)6-7-14(11(3)4)9-13(15)8-12(14)5/h10-12H,6-9H2,1-5H3/t12-,14+/m0/s1. The minimum Gasteiger partial charge on any atom is -0.300 e. The van der Waals surface area contributed by atoms with E-state index >= 15 is 0 Å². The van der Waals surface area contributed by atoms with Crippen LogP contribution in [-0.2, 0) is 4.79 Å². The molecule has 88 valence electrons. The molecule has 0 spiro atoms. The van der Waals surface area contributed by atoms with Gasteiger partial charge in [0.2, 0.25) is 0 Å². The highest BCUT2D eigenvalue weighted by molar-refractivity contribution is 5.82. The Bertz CT molecular complexity index is 229. The van der Waals surface area contributed by atoms with Crippen LogP contribution in [0.25, 0.3) is 0 Å². The van der Waals surface area contributed by atoms with E-state index in [9.17, 15) is 4.79 Å². The van der Waals surface area contributed by atoms with Crippen molar-refractivity contribution in [1.29, 1.82) is 0 Å².